The van der Waals surface area contributed by atoms with Crippen LogP contribution in [-0.2, 0) is 14.3 Å². The van der Waals surface area contributed by atoms with Gasteiger partial charge in [0.1, 0.15) is 5.75 Å². The minimum atomic E-state index is -0.621. The van der Waals surface area contributed by atoms with Crippen molar-refractivity contribution in [1.82, 2.24) is 0 Å². The Morgan fingerprint density at radius 2 is 1.64 bits per heavy atom. The Balaban J connectivity index is 1.78. The quantitative estimate of drug-likeness (QED) is 0.794. The SMILES string of the molecule is Cc1cc(C)cc(OCC(=O)OCC(=O)Nc2ccc(C)cc2Cl)c1. The molecule has 1 N–H and O–H groups in total. The fourth-order valence-electron chi connectivity index (χ4n) is 2.25. The molecule has 0 saturated heterocycles. The summed E-state index contributed by atoms with van der Waals surface area (Å²) in [6.07, 6.45) is 0. The summed E-state index contributed by atoms with van der Waals surface area (Å²) >= 11 is 6.04. The fourth-order valence-corrected chi connectivity index (χ4v) is 2.54. The van der Waals surface area contributed by atoms with Crippen LogP contribution in [0.3, 0.4) is 0 Å². The molecule has 0 saturated carbocycles. The molecular weight excluding hydrogens is 342 g/mol. The van der Waals surface area contributed by atoms with E-state index >= 15 is 0 Å². The van der Waals surface area contributed by atoms with Crippen molar-refractivity contribution in [1.29, 1.82) is 0 Å². The predicted molar refractivity (Wildman–Crippen MR) is 97.2 cm³/mol. The lowest BCUT2D eigenvalue weighted by Crippen LogP contribution is -2.23. The predicted octanol–water partition coefficient (Wildman–Crippen LogP) is 3.83. The first-order valence-electron chi connectivity index (χ1n) is 7.76. The van der Waals surface area contributed by atoms with Crippen LogP contribution in [-0.4, -0.2) is 25.1 Å². The van der Waals surface area contributed by atoms with Gasteiger partial charge in [0.15, 0.2) is 13.2 Å². The molecule has 0 fully saturated rings. The van der Waals surface area contributed by atoms with Crippen LogP contribution < -0.4 is 10.1 Å². The maximum Gasteiger partial charge on any atom is 0.344 e. The van der Waals surface area contributed by atoms with Crippen LogP contribution >= 0.6 is 11.6 Å². The Hall–Kier alpha value is -2.53. The number of amides is 1. The number of hydrogen-bond acceptors (Lipinski definition) is 4. The molecule has 2 aromatic carbocycles. The number of rotatable bonds is 6. The highest BCUT2D eigenvalue weighted by Crippen LogP contribution is 2.22. The second-order valence-electron chi connectivity index (χ2n) is 5.80. The van der Waals surface area contributed by atoms with Crippen molar-refractivity contribution < 1.29 is 19.1 Å². The van der Waals surface area contributed by atoms with Gasteiger partial charge in [-0.3, -0.25) is 4.79 Å². The highest BCUT2D eigenvalue weighted by Gasteiger charge is 2.10. The van der Waals surface area contributed by atoms with Gasteiger partial charge in [-0.25, -0.2) is 4.79 Å². The van der Waals surface area contributed by atoms with Gasteiger partial charge >= 0.3 is 5.97 Å². The van der Waals surface area contributed by atoms with Gasteiger partial charge in [-0.05, 0) is 61.7 Å². The van der Waals surface area contributed by atoms with E-state index in [1.807, 2.05) is 45.0 Å². The van der Waals surface area contributed by atoms with Crippen LogP contribution in [0.15, 0.2) is 36.4 Å². The molecule has 0 unspecified atom stereocenters. The van der Waals surface area contributed by atoms with Crippen molar-refractivity contribution >= 4 is 29.2 Å². The van der Waals surface area contributed by atoms with Crippen LogP contribution in [0, 0.1) is 20.8 Å². The summed E-state index contributed by atoms with van der Waals surface area (Å²) in [4.78, 5) is 23.5. The molecule has 6 heteroatoms. The van der Waals surface area contributed by atoms with Gasteiger partial charge in [0.05, 0.1) is 10.7 Å². The molecule has 0 heterocycles. The fraction of sp³-hybridized carbons (Fsp3) is 0.263. The molecule has 0 atom stereocenters. The molecule has 0 spiro atoms. The number of benzene rings is 2. The maximum absolute atomic E-state index is 11.8. The third-order valence-electron chi connectivity index (χ3n) is 3.31. The average Bonchev–Trinajstić information content (AvgIpc) is 2.53. The van der Waals surface area contributed by atoms with Gasteiger partial charge in [0.25, 0.3) is 5.91 Å². The molecule has 0 aliphatic rings. The summed E-state index contributed by atoms with van der Waals surface area (Å²) in [6.45, 7) is 5.12. The summed E-state index contributed by atoms with van der Waals surface area (Å²) in [5.41, 5.74) is 3.54. The highest BCUT2D eigenvalue weighted by atomic mass is 35.5. The molecule has 0 aliphatic carbocycles. The van der Waals surface area contributed by atoms with E-state index in [2.05, 4.69) is 5.32 Å². The maximum atomic E-state index is 11.8. The van der Waals surface area contributed by atoms with E-state index in [-0.39, 0.29) is 6.61 Å². The van der Waals surface area contributed by atoms with Gasteiger partial charge in [-0.2, -0.15) is 0 Å². The Kier molecular flexibility index (Phi) is 6.42. The van der Waals surface area contributed by atoms with Gasteiger partial charge in [-0.1, -0.05) is 23.7 Å². The molecule has 1 amide bonds. The Morgan fingerprint density at radius 3 is 2.28 bits per heavy atom. The third-order valence-corrected chi connectivity index (χ3v) is 3.63. The summed E-state index contributed by atoms with van der Waals surface area (Å²) in [5, 5.41) is 3.02. The van der Waals surface area contributed by atoms with Crippen LogP contribution in [0.5, 0.6) is 5.75 Å². The molecule has 2 rings (SSSR count). The number of carbonyl (C=O) groups excluding carboxylic acids is 2. The smallest absolute Gasteiger partial charge is 0.344 e. The van der Waals surface area contributed by atoms with Crippen LogP contribution in [0.1, 0.15) is 16.7 Å². The summed E-state index contributed by atoms with van der Waals surface area (Å²) < 4.78 is 10.3. The normalized spacial score (nSPS) is 10.2. The Bertz CT molecular complexity index is 769. The third kappa shape index (κ3) is 6.12. The lowest BCUT2D eigenvalue weighted by atomic mass is 10.1. The minimum Gasteiger partial charge on any atom is -0.482 e. The van der Waals surface area contributed by atoms with E-state index in [0.29, 0.717) is 16.5 Å². The standard InChI is InChI=1S/C19H20ClNO4/c1-12-4-5-17(16(20)9-12)21-18(22)10-25-19(23)11-24-15-7-13(2)6-14(3)8-15/h4-9H,10-11H2,1-3H3,(H,21,22). The first-order valence-corrected chi connectivity index (χ1v) is 8.14. The summed E-state index contributed by atoms with van der Waals surface area (Å²) in [7, 11) is 0. The van der Waals surface area contributed by atoms with E-state index in [1.54, 1.807) is 12.1 Å². The molecule has 132 valence electrons. The molecule has 0 aliphatic heterocycles. The monoisotopic (exact) mass is 361 g/mol. The summed E-state index contributed by atoms with van der Waals surface area (Å²) in [6, 6.07) is 10.9. The number of anilines is 1. The topological polar surface area (TPSA) is 64.6 Å². The average molecular weight is 362 g/mol. The van der Waals surface area contributed by atoms with Gasteiger partial charge in [0, 0.05) is 0 Å². The zero-order chi connectivity index (χ0) is 18.4. The molecule has 0 bridgehead atoms. The molecule has 5 nitrogen and oxygen atoms in total. The van der Waals surface area contributed by atoms with E-state index in [9.17, 15) is 9.59 Å². The number of nitrogens with one attached hydrogen (secondary N) is 1. The molecule has 25 heavy (non-hydrogen) atoms. The number of esters is 1. The van der Waals surface area contributed by atoms with Crippen molar-refractivity contribution in [2.24, 2.45) is 0 Å². The Morgan fingerprint density at radius 1 is 0.960 bits per heavy atom. The largest absolute Gasteiger partial charge is 0.482 e. The van der Waals surface area contributed by atoms with Crippen molar-refractivity contribution in [2.75, 3.05) is 18.5 Å². The van der Waals surface area contributed by atoms with Gasteiger partial charge in [-0.15, -0.1) is 0 Å². The van der Waals surface area contributed by atoms with Crippen molar-refractivity contribution in [3.8, 4) is 5.75 Å². The zero-order valence-corrected chi connectivity index (χ0v) is 15.1. The van der Waals surface area contributed by atoms with Crippen molar-refractivity contribution in [3.05, 3.63) is 58.1 Å². The second-order valence-corrected chi connectivity index (χ2v) is 6.21. The minimum absolute atomic E-state index is 0.262. The lowest BCUT2D eigenvalue weighted by molar-refractivity contribution is -0.149. The van der Waals surface area contributed by atoms with Crippen LogP contribution in [0.4, 0.5) is 5.69 Å². The lowest BCUT2D eigenvalue weighted by Gasteiger charge is -2.10. The van der Waals surface area contributed by atoms with Crippen molar-refractivity contribution in [2.45, 2.75) is 20.8 Å². The number of carbonyl (C=O) groups is 2. The molecule has 2 aromatic rings. The first-order chi connectivity index (χ1) is 11.8. The second kappa shape index (κ2) is 8.53. The number of aryl methyl sites for hydroxylation is 3. The summed E-state index contributed by atoms with van der Waals surface area (Å²) in [5.74, 6) is -0.500. The van der Waals surface area contributed by atoms with E-state index in [0.717, 1.165) is 16.7 Å². The Labute approximate surface area is 151 Å². The number of halogens is 1. The molecule has 0 radical (unpaired) electrons. The van der Waals surface area contributed by atoms with Gasteiger partial charge in [0.2, 0.25) is 0 Å². The number of ether oxygens (including phenoxy) is 2. The zero-order valence-electron chi connectivity index (χ0n) is 14.4. The first kappa shape index (κ1) is 18.8. The van der Waals surface area contributed by atoms with E-state index in [1.165, 1.54) is 0 Å². The molecule has 0 aromatic heterocycles. The molecular formula is C19H20ClNO4. The number of hydrogen-bond donors (Lipinski definition) is 1. The van der Waals surface area contributed by atoms with Crippen LogP contribution in [0.25, 0.3) is 0 Å². The van der Waals surface area contributed by atoms with Crippen LogP contribution in [0.2, 0.25) is 5.02 Å². The van der Waals surface area contributed by atoms with E-state index in [4.69, 9.17) is 21.1 Å². The van der Waals surface area contributed by atoms with Crippen molar-refractivity contribution in [3.63, 3.8) is 0 Å². The highest BCUT2D eigenvalue weighted by molar-refractivity contribution is 6.33. The van der Waals surface area contributed by atoms with E-state index < -0.39 is 18.5 Å². The van der Waals surface area contributed by atoms with Gasteiger partial charge < -0.3 is 14.8 Å².